The van der Waals surface area contributed by atoms with Gasteiger partial charge >= 0.3 is 0 Å². The lowest BCUT2D eigenvalue weighted by Gasteiger charge is -2.26. The molecule has 1 aliphatic carbocycles. The van der Waals surface area contributed by atoms with Gasteiger partial charge in [0.2, 0.25) is 0 Å². The van der Waals surface area contributed by atoms with Crippen LogP contribution in [0.2, 0.25) is 0 Å². The molecule has 0 spiro atoms. The molecule has 0 heterocycles. The van der Waals surface area contributed by atoms with Crippen molar-refractivity contribution in [3.63, 3.8) is 0 Å². The summed E-state index contributed by atoms with van der Waals surface area (Å²) >= 11 is 0. The Bertz CT molecular complexity index is 1940. The van der Waals surface area contributed by atoms with Crippen LogP contribution in [0.1, 0.15) is 23.1 Å². The zero-order chi connectivity index (χ0) is 31.1. The molecule has 6 aromatic rings. The van der Waals surface area contributed by atoms with Gasteiger partial charge in [0.05, 0.1) is 0 Å². The molecule has 0 saturated heterocycles. The Morgan fingerprint density at radius 1 is 0.435 bits per heavy atom. The van der Waals surface area contributed by atoms with E-state index in [0.717, 1.165) is 34.6 Å². The standard InChI is InChI=1S/C45H35N/c1-34-13-5-2-10-18-40(33-41-19-11-12-20-45(34)41)39-25-31-44(32-26-39)46(42-27-21-37(22-28-42)35-14-6-3-7-15-35)43-29-23-38(24-30-43)36-16-8-4-9-17-36/h2-17,19-33H,1,18H2/b10-2-,13-5-,40-33+. The van der Waals surface area contributed by atoms with E-state index < -0.39 is 0 Å². The summed E-state index contributed by atoms with van der Waals surface area (Å²) in [6.07, 6.45) is 11.6. The lowest BCUT2D eigenvalue weighted by Crippen LogP contribution is -2.10. The summed E-state index contributed by atoms with van der Waals surface area (Å²) in [6.45, 7) is 4.31. The van der Waals surface area contributed by atoms with Crippen LogP contribution in [0.4, 0.5) is 17.1 Å². The first-order valence-electron chi connectivity index (χ1n) is 15.8. The Labute approximate surface area is 272 Å². The molecule has 0 fully saturated rings. The molecule has 0 unspecified atom stereocenters. The van der Waals surface area contributed by atoms with E-state index in [4.69, 9.17) is 0 Å². The molecule has 0 amide bonds. The van der Waals surface area contributed by atoms with Crippen molar-refractivity contribution in [1.29, 1.82) is 0 Å². The Morgan fingerprint density at radius 3 is 1.43 bits per heavy atom. The monoisotopic (exact) mass is 589 g/mol. The number of hydrogen-bond acceptors (Lipinski definition) is 1. The lowest BCUT2D eigenvalue weighted by atomic mass is 9.94. The van der Waals surface area contributed by atoms with E-state index in [9.17, 15) is 0 Å². The summed E-state index contributed by atoms with van der Waals surface area (Å²) in [5.41, 5.74) is 14.0. The molecule has 0 saturated carbocycles. The molecule has 0 bridgehead atoms. The molecule has 0 atom stereocenters. The zero-order valence-corrected chi connectivity index (χ0v) is 25.8. The van der Waals surface area contributed by atoms with Crippen LogP contribution in [0.3, 0.4) is 0 Å². The maximum atomic E-state index is 4.31. The molecular formula is C45H35N. The second kappa shape index (κ2) is 13.4. The highest BCUT2D eigenvalue weighted by atomic mass is 15.1. The van der Waals surface area contributed by atoms with E-state index in [2.05, 4.69) is 200 Å². The van der Waals surface area contributed by atoms with E-state index in [1.54, 1.807) is 0 Å². The van der Waals surface area contributed by atoms with Gasteiger partial charge in [-0.05, 0) is 92.9 Å². The number of nitrogens with zero attached hydrogens (tertiary/aromatic N) is 1. The van der Waals surface area contributed by atoms with Crippen LogP contribution in [0.5, 0.6) is 0 Å². The maximum absolute atomic E-state index is 4.31. The van der Waals surface area contributed by atoms with Gasteiger partial charge in [-0.15, -0.1) is 0 Å². The van der Waals surface area contributed by atoms with E-state index in [1.165, 1.54) is 39.0 Å². The van der Waals surface area contributed by atoms with Crippen LogP contribution in [0, 0.1) is 0 Å². The number of allylic oxidation sites excluding steroid dienone is 6. The topological polar surface area (TPSA) is 3.24 Å². The van der Waals surface area contributed by atoms with Crippen LogP contribution in [-0.4, -0.2) is 0 Å². The second-order valence-electron chi connectivity index (χ2n) is 11.5. The second-order valence-corrected chi connectivity index (χ2v) is 11.5. The van der Waals surface area contributed by atoms with Gasteiger partial charge in [0.25, 0.3) is 0 Å². The van der Waals surface area contributed by atoms with Gasteiger partial charge in [-0.1, -0.05) is 158 Å². The SMILES string of the molecule is C=C1/C=C\C=C/C/C(c2ccc(N(c3ccc(-c4ccccc4)cc3)c3ccc(-c4ccccc4)cc3)cc2)=C\c2ccccc21. The molecule has 1 aliphatic rings. The number of rotatable bonds is 6. The molecule has 6 aromatic carbocycles. The molecule has 0 radical (unpaired) electrons. The van der Waals surface area contributed by atoms with Crippen LogP contribution in [0.15, 0.2) is 189 Å². The highest BCUT2D eigenvalue weighted by molar-refractivity contribution is 5.89. The summed E-state index contributed by atoms with van der Waals surface area (Å²) in [5, 5.41) is 0. The molecular weight excluding hydrogens is 555 g/mol. The van der Waals surface area contributed by atoms with Gasteiger partial charge < -0.3 is 4.90 Å². The average molecular weight is 590 g/mol. The van der Waals surface area contributed by atoms with Gasteiger partial charge in [-0.3, -0.25) is 0 Å². The highest BCUT2D eigenvalue weighted by Crippen LogP contribution is 2.38. The number of fused-ring (bicyclic) bond motifs is 1. The van der Waals surface area contributed by atoms with Gasteiger partial charge in [0.1, 0.15) is 0 Å². The fourth-order valence-electron chi connectivity index (χ4n) is 6.04. The van der Waals surface area contributed by atoms with E-state index in [0.29, 0.717) is 0 Å². The van der Waals surface area contributed by atoms with Crippen molar-refractivity contribution in [2.75, 3.05) is 4.90 Å². The van der Waals surface area contributed by atoms with E-state index in [1.807, 2.05) is 0 Å². The average Bonchev–Trinajstić information content (AvgIpc) is 3.13. The van der Waals surface area contributed by atoms with Crippen LogP contribution in [-0.2, 0) is 0 Å². The summed E-state index contributed by atoms with van der Waals surface area (Å²) in [4.78, 5) is 2.33. The third kappa shape index (κ3) is 6.31. The van der Waals surface area contributed by atoms with Gasteiger partial charge in [-0.2, -0.15) is 0 Å². The Balaban J connectivity index is 1.26. The number of benzene rings is 6. The lowest BCUT2D eigenvalue weighted by molar-refractivity contribution is 1.28. The van der Waals surface area contributed by atoms with Crippen molar-refractivity contribution >= 4 is 34.3 Å². The normalized spacial score (nSPS) is 15.2. The molecule has 0 aromatic heterocycles. The zero-order valence-electron chi connectivity index (χ0n) is 25.8. The molecule has 7 rings (SSSR count). The molecule has 46 heavy (non-hydrogen) atoms. The van der Waals surface area contributed by atoms with Crippen molar-refractivity contribution in [2.45, 2.75) is 6.42 Å². The molecule has 1 heteroatoms. The predicted octanol–water partition coefficient (Wildman–Crippen LogP) is 12.6. The molecule has 0 N–H and O–H groups in total. The molecule has 220 valence electrons. The van der Waals surface area contributed by atoms with Crippen molar-refractivity contribution in [2.24, 2.45) is 0 Å². The van der Waals surface area contributed by atoms with Crippen LogP contribution in [0.25, 0.3) is 39.5 Å². The van der Waals surface area contributed by atoms with Crippen LogP contribution >= 0.6 is 0 Å². The minimum absolute atomic E-state index is 0.843. The van der Waals surface area contributed by atoms with Crippen molar-refractivity contribution < 1.29 is 0 Å². The quantitative estimate of drug-likeness (QED) is 0.187. The molecule has 0 aliphatic heterocycles. The Kier molecular flexibility index (Phi) is 8.39. The largest absolute Gasteiger partial charge is 0.311 e. The highest BCUT2D eigenvalue weighted by Gasteiger charge is 2.14. The summed E-state index contributed by atoms with van der Waals surface area (Å²) in [6, 6.07) is 56.2. The summed E-state index contributed by atoms with van der Waals surface area (Å²) in [7, 11) is 0. The molecule has 1 nitrogen and oxygen atoms in total. The third-order valence-corrected chi connectivity index (χ3v) is 8.48. The first kappa shape index (κ1) is 28.8. The van der Waals surface area contributed by atoms with E-state index >= 15 is 0 Å². The van der Waals surface area contributed by atoms with Gasteiger partial charge in [0.15, 0.2) is 0 Å². The van der Waals surface area contributed by atoms with Crippen LogP contribution < -0.4 is 4.90 Å². The van der Waals surface area contributed by atoms with Gasteiger partial charge in [-0.25, -0.2) is 0 Å². The van der Waals surface area contributed by atoms with Crippen molar-refractivity contribution in [3.8, 4) is 22.3 Å². The van der Waals surface area contributed by atoms with Gasteiger partial charge in [0, 0.05) is 17.1 Å². The predicted molar refractivity (Wildman–Crippen MR) is 198 cm³/mol. The Hall–Kier alpha value is -5.92. The fourth-order valence-corrected chi connectivity index (χ4v) is 6.04. The summed E-state index contributed by atoms with van der Waals surface area (Å²) in [5.74, 6) is 0. The van der Waals surface area contributed by atoms with E-state index in [-0.39, 0.29) is 0 Å². The first-order chi connectivity index (χ1) is 22.7. The van der Waals surface area contributed by atoms with Crippen molar-refractivity contribution in [1.82, 2.24) is 0 Å². The first-order valence-corrected chi connectivity index (χ1v) is 15.8. The minimum atomic E-state index is 0.843. The Morgan fingerprint density at radius 2 is 0.891 bits per heavy atom. The van der Waals surface area contributed by atoms with Crippen molar-refractivity contribution in [3.05, 3.63) is 205 Å². The third-order valence-electron chi connectivity index (χ3n) is 8.48. The number of anilines is 3. The fraction of sp³-hybridized carbons (Fsp3) is 0.0222. The number of hydrogen-bond donors (Lipinski definition) is 0. The summed E-state index contributed by atoms with van der Waals surface area (Å²) < 4.78 is 0. The smallest absolute Gasteiger partial charge is 0.0462 e. The maximum Gasteiger partial charge on any atom is 0.0462 e. The minimum Gasteiger partial charge on any atom is -0.311 e.